The molecule has 0 saturated carbocycles. The van der Waals surface area contributed by atoms with Crippen molar-refractivity contribution in [2.24, 2.45) is 5.92 Å². The van der Waals surface area contributed by atoms with Gasteiger partial charge in [-0.1, -0.05) is 6.07 Å². The van der Waals surface area contributed by atoms with Crippen molar-refractivity contribution in [3.8, 4) is 11.5 Å². The summed E-state index contributed by atoms with van der Waals surface area (Å²) >= 11 is 0. The first-order valence-corrected chi connectivity index (χ1v) is 9.15. The standard InChI is InChI=1S/C15H22N2O5S/c1-17(23(3,19)20)7-6-16-15(18)12-8-11-4-5-13(21-2)9-14(11)22-10-12/h4-5,9,12H,6-8,10H2,1-3H3,(H,16,18)/t12-/m0/s1. The molecule has 0 aliphatic carbocycles. The molecule has 0 radical (unpaired) electrons. The normalized spacial score (nSPS) is 17.3. The van der Waals surface area contributed by atoms with Gasteiger partial charge in [-0.05, 0) is 18.1 Å². The van der Waals surface area contributed by atoms with Crippen LogP contribution in [0.1, 0.15) is 5.56 Å². The van der Waals surface area contributed by atoms with Crippen molar-refractivity contribution in [1.82, 2.24) is 9.62 Å². The predicted octanol–water partition coefficient (Wildman–Crippen LogP) is 0.254. The van der Waals surface area contributed by atoms with Gasteiger partial charge in [0.05, 0.1) is 19.3 Å². The third-order valence-corrected chi connectivity index (χ3v) is 5.16. The van der Waals surface area contributed by atoms with Gasteiger partial charge >= 0.3 is 0 Å². The van der Waals surface area contributed by atoms with Gasteiger partial charge in [0.1, 0.15) is 18.1 Å². The Bertz CT molecular complexity index is 674. The summed E-state index contributed by atoms with van der Waals surface area (Å²) in [5, 5.41) is 2.76. The summed E-state index contributed by atoms with van der Waals surface area (Å²) in [7, 11) is -0.154. The molecule has 1 heterocycles. The highest BCUT2D eigenvalue weighted by Gasteiger charge is 2.26. The summed E-state index contributed by atoms with van der Waals surface area (Å²) in [6.45, 7) is 0.814. The molecule has 1 amide bonds. The van der Waals surface area contributed by atoms with Crippen molar-refractivity contribution in [3.63, 3.8) is 0 Å². The molecular formula is C15H22N2O5S. The molecule has 2 rings (SSSR count). The second kappa shape index (κ2) is 7.18. The Morgan fingerprint density at radius 1 is 1.48 bits per heavy atom. The summed E-state index contributed by atoms with van der Waals surface area (Å²) in [6, 6.07) is 5.54. The smallest absolute Gasteiger partial charge is 0.226 e. The number of hydrogen-bond acceptors (Lipinski definition) is 5. The molecule has 0 bridgehead atoms. The van der Waals surface area contributed by atoms with Crippen LogP contribution in [-0.2, 0) is 21.2 Å². The van der Waals surface area contributed by atoms with Crippen LogP contribution in [0.15, 0.2) is 18.2 Å². The number of likely N-dealkylation sites (N-methyl/N-ethyl adjacent to an activating group) is 1. The number of nitrogens with one attached hydrogen (secondary N) is 1. The van der Waals surface area contributed by atoms with Gasteiger partial charge in [0.2, 0.25) is 15.9 Å². The Kier molecular flexibility index (Phi) is 5.48. The van der Waals surface area contributed by atoms with Gasteiger partial charge in [-0.15, -0.1) is 0 Å². The van der Waals surface area contributed by atoms with E-state index in [1.165, 1.54) is 11.4 Å². The first-order chi connectivity index (χ1) is 10.8. The zero-order valence-electron chi connectivity index (χ0n) is 13.5. The van der Waals surface area contributed by atoms with Gasteiger partial charge in [-0.2, -0.15) is 0 Å². The fourth-order valence-electron chi connectivity index (χ4n) is 2.29. The van der Waals surface area contributed by atoms with Crippen molar-refractivity contribution in [1.29, 1.82) is 0 Å². The molecule has 1 N–H and O–H groups in total. The van der Waals surface area contributed by atoms with E-state index < -0.39 is 10.0 Å². The van der Waals surface area contributed by atoms with Gasteiger partial charge in [-0.25, -0.2) is 12.7 Å². The minimum Gasteiger partial charge on any atom is -0.497 e. The molecule has 0 spiro atoms. The molecule has 8 heteroatoms. The number of fused-ring (bicyclic) bond motifs is 1. The van der Waals surface area contributed by atoms with E-state index in [2.05, 4.69) is 5.32 Å². The molecule has 0 fully saturated rings. The number of amides is 1. The van der Waals surface area contributed by atoms with E-state index in [-0.39, 0.29) is 24.9 Å². The topological polar surface area (TPSA) is 84.9 Å². The third kappa shape index (κ3) is 4.59. The minimum absolute atomic E-state index is 0.131. The van der Waals surface area contributed by atoms with Crippen LogP contribution in [0, 0.1) is 5.92 Å². The Morgan fingerprint density at radius 2 is 2.22 bits per heavy atom. The van der Waals surface area contributed by atoms with Gasteiger partial charge in [-0.3, -0.25) is 4.79 Å². The maximum Gasteiger partial charge on any atom is 0.226 e. The summed E-state index contributed by atoms with van der Waals surface area (Å²) in [5.41, 5.74) is 0.963. The van der Waals surface area contributed by atoms with Crippen molar-refractivity contribution in [3.05, 3.63) is 23.8 Å². The lowest BCUT2D eigenvalue weighted by molar-refractivity contribution is -0.126. The summed E-state index contributed by atoms with van der Waals surface area (Å²) in [4.78, 5) is 12.2. The van der Waals surface area contributed by atoms with E-state index in [4.69, 9.17) is 9.47 Å². The second-order valence-electron chi connectivity index (χ2n) is 5.56. The number of benzene rings is 1. The van der Waals surface area contributed by atoms with E-state index in [0.717, 1.165) is 23.3 Å². The van der Waals surface area contributed by atoms with E-state index in [0.29, 0.717) is 13.0 Å². The van der Waals surface area contributed by atoms with Crippen LogP contribution in [0.2, 0.25) is 0 Å². The lowest BCUT2D eigenvalue weighted by Gasteiger charge is -2.25. The molecule has 1 aromatic rings. The Morgan fingerprint density at radius 3 is 2.87 bits per heavy atom. The maximum absolute atomic E-state index is 12.2. The third-order valence-electron chi connectivity index (χ3n) is 3.84. The fraction of sp³-hybridized carbons (Fsp3) is 0.533. The highest BCUT2D eigenvalue weighted by atomic mass is 32.2. The zero-order chi connectivity index (χ0) is 17.0. The number of rotatable bonds is 6. The van der Waals surface area contributed by atoms with E-state index >= 15 is 0 Å². The molecule has 1 aliphatic rings. The molecule has 0 aromatic heterocycles. The maximum atomic E-state index is 12.2. The number of methoxy groups -OCH3 is 1. The molecule has 7 nitrogen and oxygen atoms in total. The van der Waals surface area contributed by atoms with Crippen molar-refractivity contribution in [2.75, 3.05) is 40.1 Å². The molecular weight excluding hydrogens is 320 g/mol. The van der Waals surface area contributed by atoms with E-state index in [1.54, 1.807) is 7.11 Å². The van der Waals surface area contributed by atoms with Crippen molar-refractivity contribution in [2.45, 2.75) is 6.42 Å². The van der Waals surface area contributed by atoms with Gasteiger partial charge in [0.25, 0.3) is 0 Å². The van der Waals surface area contributed by atoms with Crippen molar-refractivity contribution < 1.29 is 22.7 Å². The Balaban J connectivity index is 1.87. The van der Waals surface area contributed by atoms with Crippen LogP contribution in [0.25, 0.3) is 0 Å². The van der Waals surface area contributed by atoms with Crippen LogP contribution in [0.5, 0.6) is 11.5 Å². The molecule has 23 heavy (non-hydrogen) atoms. The SMILES string of the molecule is COc1ccc2c(c1)OC[C@@H](C(=O)NCCN(C)S(C)(=O)=O)C2. The minimum atomic E-state index is -3.23. The van der Waals surface area contributed by atoms with E-state index in [9.17, 15) is 13.2 Å². The highest BCUT2D eigenvalue weighted by molar-refractivity contribution is 7.88. The van der Waals surface area contributed by atoms with Gasteiger partial charge in [0, 0.05) is 26.2 Å². The fourth-order valence-corrected chi connectivity index (χ4v) is 2.72. The lowest BCUT2D eigenvalue weighted by atomic mass is 9.96. The number of carbonyl (C=O) groups is 1. The summed E-state index contributed by atoms with van der Waals surface area (Å²) in [6.07, 6.45) is 1.72. The average molecular weight is 342 g/mol. The van der Waals surface area contributed by atoms with Gasteiger partial charge in [0.15, 0.2) is 0 Å². The lowest BCUT2D eigenvalue weighted by Crippen LogP contribution is -2.41. The van der Waals surface area contributed by atoms with Crippen LogP contribution in [0.3, 0.4) is 0 Å². The molecule has 0 saturated heterocycles. The molecule has 128 valence electrons. The first-order valence-electron chi connectivity index (χ1n) is 7.30. The average Bonchev–Trinajstić information content (AvgIpc) is 2.52. The van der Waals surface area contributed by atoms with Crippen LogP contribution < -0.4 is 14.8 Å². The quantitative estimate of drug-likeness (QED) is 0.801. The number of hydrogen-bond donors (Lipinski definition) is 1. The number of nitrogens with zero attached hydrogens (tertiary/aromatic N) is 1. The molecule has 1 atom stereocenters. The number of sulfonamides is 1. The monoisotopic (exact) mass is 342 g/mol. The molecule has 0 unspecified atom stereocenters. The van der Waals surface area contributed by atoms with Crippen LogP contribution >= 0.6 is 0 Å². The van der Waals surface area contributed by atoms with Gasteiger partial charge < -0.3 is 14.8 Å². The Labute approximate surface area is 136 Å². The number of ether oxygens (including phenoxy) is 2. The second-order valence-corrected chi connectivity index (χ2v) is 7.65. The summed E-state index contributed by atoms with van der Waals surface area (Å²) < 4.78 is 34.5. The van der Waals surface area contributed by atoms with Crippen LogP contribution in [-0.4, -0.2) is 58.7 Å². The van der Waals surface area contributed by atoms with E-state index in [1.807, 2.05) is 18.2 Å². The zero-order valence-corrected chi connectivity index (χ0v) is 14.4. The summed E-state index contributed by atoms with van der Waals surface area (Å²) in [5.74, 6) is 1.05. The molecule has 1 aliphatic heterocycles. The number of carbonyl (C=O) groups excluding carboxylic acids is 1. The predicted molar refractivity (Wildman–Crippen MR) is 86.2 cm³/mol. The molecule has 1 aromatic carbocycles. The highest BCUT2D eigenvalue weighted by Crippen LogP contribution is 2.30. The van der Waals surface area contributed by atoms with Crippen molar-refractivity contribution >= 4 is 15.9 Å². The Hall–Kier alpha value is -1.80. The van der Waals surface area contributed by atoms with Crippen LogP contribution in [0.4, 0.5) is 0 Å². The largest absolute Gasteiger partial charge is 0.497 e. The first kappa shape index (κ1) is 17.6.